The van der Waals surface area contributed by atoms with E-state index in [0.717, 1.165) is 20.8 Å². The molecule has 1 aromatic carbocycles. The van der Waals surface area contributed by atoms with Crippen LogP contribution in [-0.2, 0) is 57.1 Å². The van der Waals surface area contributed by atoms with E-state index in [9.17, 15) is 33.9 Å². The first kappa shape index (κ1) is 37.9. The zero-order valence-electron chi connectivity index (χ0n) is 30.3. The number of benzene rings is 1. The molecule has 5 aliphatic rings. The minimum atomic E-state index is -2.20. The molecule has 6 rings (SSSR count). The summed E-state index contributed by atoms with van der Waals surface area (Å²) in [6.45, 7) is 16.2. The second-order valence-electron chi connectivity index (χ2n) is 14.5. The molecule has 0 radical (unpaired) electrons. The molecule has 14 nitrogen and oxygen atoms in total. The molecule has 13 atom stereocenters. The van der Waals surface area contributed by atoms with Crippen LogP contribution < -0.4 is 0 Å². The van der Waals surface area contributed by atoms with Crippen molar-refractivity contribution in [2.75, 3.05) is 0 Å². The van der Waals surface area contributed by atoms with Gasteiger partial charge in [0.2, 0.25) is 5.60 Å². The molecule has 0 aromatic heterocycles. The van der Waals surface area contributed by atoms with Gasteiger partial charge in [0.05, 0.1) is 17.1 Å². The van der Waals surface area contributed by atoms with Gasteiger partial charge in [-0.15, -0.1) is 0 Å². The molecule has 2 unspecified atom stereocenters. The van der Waals surface area contributed by atoms with Gasteiger partial charge in [-0.05, 0) is 43.9 Å². The van der Waals surface area contributed by atoms with Crippen molar-refractivity contribution in [2.45, 2.75) is 122 Å². The summed E-state index contributed by atoms with van der Waals surface area (Å²) >= 11 is 0. The summed E-state index contributed by atoms with van der Waals surface area (Å²) in [5.74, 6) is -9.17. The van der Waals surface area contributed by atoms with Gasteiger partial charge in [0.25, 0.3) is 0 Å². The average molecular weight is 715 g/mol. The fourth-order valence-corrected chi connectivity index (χ4v) is 9.63. The van der Waals surface area contributed by atoms with Crippen LogP contribution in [0, 0.1) is 23.7 Å². The van der Waals surface area contributed by atoms with Crippen molar-refractivity contribution in [3.8, 4) is 0 Å². The molecule has 1 N–H and O–H groups in total. The Hall–Kier alpha value is -4.30. The summed E-state index contributed by atoms with van der Waals surface area (Å²) in [5, 5.41) is 13.6. The van der Waals surface area contributed by atoms with E-state index >= 15 is 0 Å². The van der Waals surface area contributed by atoms with Gasteiger partial charge in [0.1, 0.15) is 17.8 Å². The summed E-state index contributed by atoms with van der Waals surface area (Å²) in [6, 6.07) is 7.92. The summed E-state index contributed by atoms with van der Waals surface area (Å²) in [6.07, 6.45) is -7.17. The summed E-state index contributed by atoms with van der Waals surface area (Å²) in [5.41, 5.74) is -7.70. The highest BCUT2D eigenvalue weighted by Crippen LogP contribution is 2.71. The van der Waals surface area contributed by atoms with Crippen LogP contribution in [0.5, 0.6) is 0 Å². The van der Waals surface area contributed by atoms with E-state index < -0.39 is 112 Å². The van der Waals surface area contributed by atoms with Gasteiger partial charge in [-0.2, -0.15) is 0 Å². The zero-order valence-corrected chi connectivity index (χ0v) is 30.3. The third-order valence-corrected chi connectivity index (χ3v) is 11.2. The number of ether oxygens (including phenoxy) is 7. The Kier molecular flexibility index (Phi) is 9.70. The van der Waals surface area contributed by atoms with Gasteiger partial charge in [-0.1, -0.05) is 38.6 Å². The average Bonchev–Trinajstić information content (AvgIpc) is 3.25. The van der Waals surface area contributed by atoms with Crippen molar-refractivity contribution in [1.82, 2.24) is 0 Å². The summed E-state index contributed by atoms with van der Waals surface area (Å²) in [7, 11) is 0. The maximum Gasteiger partial charge on any atom is 0.339 e. The molecule has 278 valence electrons. The van der Waals surface area contributed by atoms with Crippen LogP contribution in [0.3, 0.4) is 0 Å². The van der Waals surface area contributed by atoms with Crippen LogP contribution in [0.1, 0.15) is 79.1 Å². The highest BCUT2D eigenvalue weighted by Gasteiger charge is 2.89. The van der Waals surface area contributed by atoms with Gasteiger partial charge in [-0.3, -0.25) is 24.0 Å². The lowest BCUT2D eigenvalue weighted by atomic mass is 9.52. The van der Waals surface area contributed by atoms with E-state index in [4.69, 9.17) is 33.2 Å². The number of rotatable bonds is 8. The van der Waals surface area contributed by atoms with E-state index in [2.05, 4.69) is 6.58 Å². The standard InChI is InChI=1S/C37H46O14/c1-17(2)36(50-32(43)25-14-12-11-13-15-25)29(46-21(6)39)19(4)35(44)26-16-18(3)28(45-20(5)38)37(26)33(49-24(9)42)34(10,51-37)30(47-22(7)40)27(35)31(36)48-23(8)41/h11-15,18-19,26-31,33,44H,1,16H2,2-10H3/t18-,19+,26-,27-,28-,29-,30-,31+,33+,34?,35-,36-,37?/m0/s1. The first-order valence-corrected chi connectivity index (χ1v) is 16.9. The normalized spacial score (nSPS) is 40.5. The van der Waals surface area contributed by atoms with Crippen molar-refractivity contribution in [1.29, 1.82) is 0 Å². The van der Waals surface area contributed by atoms with E-state index in [-0.39, 0.29) is 17.6 Å². The molecule has 51 heavy (non-hydrogen) atoms. The van der Waals surface area contributed by atoms with Crippen LogP contribution in [0.15, 0.2) is 42.5 Å². The van der Waals surface area contributed by atoms with Gasteiger partial charge in [0.15, 0.2) is 23.9 Å². The maximum absolute atomic E-state index is 14.0. The first-order chi connectivity index (χ1) is 23.7. The lowest BCUT2D eigenvalue weighted by Crippen LogP contribution is -2.80. The number of aliphatic hydroxyl groups is 1. The summed E-state index contributed by atoms with van der Waals surface area (Å²) < 4.78 is 43.1. The quantitative estimate of drug-likeness (QED) is 0.235. The Bertz CT molecular complexity index is 1640. The number of carbonyl (C=O) groups is 6. The Morgan fingerprint density at radius 3 is 1.75 bits per heavy atom. The van der Waals surface area contributed by atoms with Crippen molar-refractivity contribution in [2.24, 2.45) is 23.7 Å². The lowest BCUT2D eigenvalue weighted by molar-refractivity contribution is -0.391. The monoisotopic (exact) mass is 714 g/mol. The summed E-state index contributed by atoms with van der Waals surface area (Å²) in [4.78, 5) is 78.5. The van der Waals surface area contributed by atoms with Crippen molar-refractivity contribution in [3.63, 3.8) is 0 Å². The number of esters is 6. The third-order valence-electron chi connectivity index (χ3n) is 11.2. The zero-order chi connectivity index (χ0) is 38.0. The molecule has 1 spiro atoms. The molecule has 3 aliphatic carbocycles. The predicted octanol–water partition coefficient (Wildman–Crippen LogP) is 3.01. The lowest BCUT2D eigenvalue weighted by Gasteiger charge is -2.62. The van der Waals surface area contributed by atoms with Crippen LogP contribution in [0.25, 0.3) is 0 Å². The molecular formula is C37H46O14. The molecule has 2 aliphatic heterocycles. The molecule has 3 saturated carbocycles. The van der Waals surface area contributed by atoms with Crippen LogP contribution in [0.4, 0.5) is 0 Å². The predicted molar refractivity (Wildman–Crippen MR) is 174 cm³/mol. The van der Waals surface area contributed by atoms with E-state index in [0.29, 0.717) is 0 Å². The van der Waals surface area contributed by atoms with E-state index in [1.165, 1.54) is 39.8 Å². The Balaban J connectivity index is 1.89. The maximum atomic E-state index is 14.0. The Morgan fingerprint density at radius 2 is 1.24 bits per heavy atom. The van der Waals surface area contributed by atoms with Crippen LogP contribution in [0.2, 0.25) is 0 Å². The SMILES string of the molecule is C=C(C)[C@@]1(OC(=O)c2ccccc2)[C@H](OC(C)=O)[C@@H]2[C@H](OC(C)=O)C3(C)OC4([C@@H]3OC(C)=O)[C@@H](C[C@H](C)[C@@H]4OC(C)=O)[C@@]2(O)[C@H](C)[C@@H]1OC(C)=O. The highest BCUT2D eigenvalue weighted by molar-refractivity contribution is 5.90. The third kappa shape index (κ3) is 5.61. The molecule has 0 amide bonds. The largest absolute Gasteiger partial charge is 0.459 e. The van der Waals surface area contributed by atoms with Crippen LogP contribution >= 0.6 is 0 Å². The molecule has 5 fully saturated rings. The second kappa shape index (κ2) is 13.0. The topological polar surface area (TPSA) is 187 Å². The van der Waals surface area contributed by atoms with Gasteiger partial charge < -0.3 is 38.3 Å². The second-order valence-corrected chi connectivity index (χ2v) is 14.5. The highest BCUT2D eigenvalue weighted by atomic mass is 16.7. The van der Waals surface area contributed by atoms with Crippen molar-refractivity contribution < 1.29 is 67.0 Å². The van der Waals surface area contributed by atoms with E-state index in [1.54, 1.807) is 32.0 Å². The van der Waals surface area contributed by atoms with Crippen molar-refractivity contribution >= 4 is 35.8 Å². The fraction of sp³-hybridized carbons (Fsp3) is 0.622. The van der Waals surface area contributed by atoms with Crippen molar-refractivity contribution in [3.05, 3.63) is 48.0 Å². The molecule has 2 bridgehead atoms. The molecular weight excluding hydrogens is 668 g/mol. The molecule has 14 heteroatoms. The molecule has 1 aromatic rings. The molecule has 2 heterocycles. The minimum absolute atomic E-state index is 0.0752. The fourth-order valence-electron chi connectivity index (χ4n) is 9.63. The minimum Gasteiger partial charge on any atom is -0.459 e. The van der Waals surface area contributed by atoms with Gasteiger partial charge in [-0.25, -0.2) is 4.79 Å². The smallest absolute Gasteiger partial charge is 0.339 e. The van der Waals surface area contributed by atoms with Crippen LogP contribution in [-0.4, -0.2) is 93.8 Å². The van der Waals surface area contributed by atoms with Gasteiger partial charge in [0, 0.05) is 46.5 Å². The number of hydrogen-bond donors (Lipinski definition) is 1. The number of carbonyl (C=O) groups excluding carboxylic acids is 6. The number of hydrogen-bond acceptors (Lipinski definition) is 14. The van der Waals surface area contributed by atoms with E-state index in [1.807, 2.05) is 0 Å². The Morgan fingerprint density at radius 1 is 0.745 bits per heavy atom. The van der Waals surface area contributed by atoms with Gasteiger partial charge >= 0.3 is 35.8 Å². The first-order valence-electron chi connectivity index (χ1n) is 16.9. The Labute approximate surface area is 296 Å². The molecule has 2 saturated heterocycles.